The van der Waals surface area contributed by atoms with E-state index in [4.69, 9.17) is 5.41 Å². The fourth-order valence-electron chi connectivity index (χ4n) is 3.29. The number of rotatable bonds is 2. The zero-order valence-electron chi connectivity index (χ0n) is 12.8. The summed E-state index contributed by atoms with van der Waals surface area (Å²) in [6.07, 6.45) is 6.11. The van der Waals surface area contributed by atoms with Gasteiger partial charge in [-0.15, -0.1) is 0 Å². The van der Waals surface area contributed by atoms with E-state index in [1.807, 2.05) is 11.0 Å². The zero-order chi connectivity index (χ0) is 15.6. The third-order valence-electron chi connectivity index (χ3n) is 4.63. The molecule has 0 atom stereocenters. The molecule has 2 fully saturated rings. The molecular formula is C15H22N6O. The normalized spacial score (nSPS) is 20.2. The van der Waals surface area contributed by atoms with Crippen LogP contribution < -0.4 is 20.9 Å². The van der Waals surface area contributed by atoms with Crippen LogP contribution in [0.3, 0.4) is 0 Å². The minimum atomic E-state index is -0.188. The van der Waals surface area contributed by atoms with E-state index >= 15 is 0 Å². The van der Waals surface area contributed by atoms with Crippen molar-refractivity contribution < 1.29 is 4.79 Å². The number of pyridine rings is 1. The molecule has 2 saturated heterocycles. The van der Waals surface area contributed by atoms with E-state index in [0.717, 1.165) is 44.6 Å². The number of piperidine rings is 1. The zero-order valence-corrected chi connectivity index (χ0v) is 12.8. The number of guanidine groups is 1. The number of carbonyl (C=O) groups excluding carboxylic acids is 1. The fourth-order valence-corrected chi connectivity index (χ4v) is 3.29. The minimum Gasteiger partial charge on any atom is -0.359 e. The third-order valence-corrected chi connectivity index (χ3v) is 4.63. The molecule has 0 bridgehead atoms. The van der Waals surface area contributed by atoms with Crippen LogP contribution in [0.15, 0.2) is 18.5 Å². The van der Waals surface area contributed by atoms with Crippen LogP contribution in [0, 0.1) is 10.8 Å². The molecule has 3 heterocycles. The maximum atomic E-state index is 12.9. The van der Waals surface area contributed by atoms with Crippen molar-refractivity contribution >= 4 is 23.2 Å². The number of hydrogen-bond donors (Lipinski definition) is 4. The molecular weight excluding hydrogens is 280 g/mol. The van der Waals surface area contributed by atoms with Gasteiger partial charge >= 0.3 is 0 Å². The molecule has 0 aromatic carbocycles. The van der Waals surface area contributed by atoms with Gasteiger partial charge in [0.05, 0.1) is 29.2 Å². The van der Waals surface area contributed by atoms with Gasteiger partial charge in [-0.25, -0.2) is 0 Å². The van der Waals surface area contributed by atoms with Gasteiger partial charge in [-0.2, -0.15) is 0 Å². The van der Waals surface area contributed by atoms with Gasteiger partial charge in [0.2, 0.25) is 5.91 Å². The molecule has 22 heavy (non-hydrogen) atoms. The summed E-state index contributed by atoms with van der Waals surface area (Å²) in [7, 11) is 1.68. The molecule has 1 aromatic heterocycles. The second kappa shape index (κ2) is 5.92. The predicted molar refractivity (Wildman–Crippen MR) is 86.2 cm³/mol. The Hall–Kier alpha value is -2.15. The molecule has 7 nitrogen and oxygen atoms in total. The molecule has 7 heteroatoms. The maximum Gasteiger partial charge on any atom is 0.233 e. The van der Waals surface area contributed by atoms with Crippen molar-refractivity contribution in [3.63, 3.8) is 0 Å². The number of nitrogens with zero attached hydrogens (tertiary/aromatic N) is 2. The van der Waals surface area contributed by atoms with Crippen molar-refractivity contribution in [2.75, 3.05) is 36.9 Å². The van der Waals surface area contributed by atoms with Crippen LogP contribution in [0.4, 0.5) is 11.4 Å². The molecule has 0 unspecified atom stereocenters. The van der Waals surface area contributed by atoms with Crippen molar-refractivity contribution in [3.05, 3.63) is 18.5 Å². The highest BCUT2D eigenvalue weighted by molar-refractivity contribution is 6.00. The summed E-state index contributed by atoms with van der Waals surface area (Å²) in [6.45, 7) is 2.57. The van der Waals surface area contributed by atoms with Crippen LogP contribution in [0.1, 0.15) is 19.3 Å². The largest absolute Gasteiger partial charge is 0.359 e. The molecule has 1 aromatic rings. The molecule has 1 amide bonds. The summed E-state index contributed by atoms with van der Waals surface area (Å²) in [4.78, 5) is 18.9. The molecule has 0 aliphatic carbocycles. The standard InChI is InChI=1S/C15H22N6O/c1-17-14(16)20-11-8-12(10-19-9-11)21-7-4-15(13(21)22)2-5-18-6-3-15/h8-10,18H,2-7H2,1H3,(H3,16,17,20). The van der Waals surface area contributed by atoms with E-state index in [2.05, 4.69) is 20.9 Å². The summed E-state index contributed by atoms with van der Waals surface area (Å²) in [6, 6.07) is 1.87. The Morgan fingerprint density at radius 1 is 1.36 bits per heavy atom. The van der Waals surface area contributed by atoms with Crippen LogP contribution >= 0.6 is 0 Å². The molecule has 0 saturated carbocycles. The van der Waals surface area contributed by atoms with Crippen molar-refractivity contribution in [3.8, 4) is 0 Å². The van der Waals surface area contributed by atoms with Gasteiger partial charge in [0.1, 0.15) is 0 Å². The Morgan fingerprint density at radius 2 is 2.14 bits per heavy atom. The number of aromatic nitrogens is 1. The average molecular weight is 302 g/mol. The van der Waals surface area contributed by atoms with E-state index in [0.29, 0.717) is 5.69 Å². The number of carbonyl (C=O) groups is 1. The first kappa shape index (κ1) is 14.8. The van der Waals surface area contributed by atoms with Gasteiger partial charge in [0, 0.05) is 13.6 Å². The Labute approximate surface area is 130 Å². The summed E-state index contributed by atoms with van der Waals surface area (Å²) < 4.78 is 0. The third kappa shape index (κ3) is 2.64. The Kier molecular flexibility index (Phi) is 3.98. The monoisotopic (exact) mass is 302 g/mol. The van der Waals surface area contributed by atoms with Gasteiger partial charge in [0.15, 0.2) is 5.96 Å². The lowest BCUT2D eigenvalue weighted by Crippen LogP contribution is -2.42. The first-order valence-electron chi connectivity index (χ1n) is 7.66. The molecule has 2 aliphatic heterocycles. The van der Waals surface area contributed by atoms with Crippen LogP contribution in [0.5, 0.6) is 0 Å². The van der Waals surface area contributed by atoms with Crippen LogP contribution in [0.2, 0.25) is 0 Å². The van der Waals surface area contributed by atoms with Crippen LogP contribution in [-0.2, 0) is 4.79 Å². The van der Waals surface area contributed by atoms with Gasteiger partial charge in [-0.05, 0) is 38.4 Å². The summed E-state index contributed by atoms with van der Waals surface area (Å²) >= 11 is 0. The maximum absolute atomic E-state index is 12.9. The summed E-state index contributed by atoms with van der Waals surface area (Å²) in [5, 5.41) is 16.6. The molecule has 2 aliphatic rings. The fraction of sp³-hybridized carbons (Fsp3) is 0.533. The van der Waals surface area contributed by atoms with E-state index in [1.165, 1.54) is 0 Å². The van der Waals surface area contributed by atoms with E-state index in [9.17, 15) is 4.79 Å². The topological polar surface area (TPSA) is 93.1 Å². The lowest BCUT2D eigenvalue weighted by atomic mass is 9.78. The average Bonchev–Trinajstić information content (AvgIpc) is 2.85. The second-order valence-corrected chi connectivity index (χ2v) is 5.92. The Balaban J connectivity index is 1.78. The van der Waals surface area contributed by atoms with E-state index in [1.54, 1.807) is 19.4 Å². The van der Waals surface area contributed by atoms with Crippen molar-refractivity contribution in [2.24, 2.45) is 5.41 Å². The summed E-state index contributed by atoms with van der Waals surface area (Å²) in [5.74, 6) is 0.415. The van der Waals surface area contributed by atoms with Crippen LogP contribution in [-0.4, -0.2) is 43.5 Å². The number of anilines is 2. The number of amides is 1. The highest BCUT2D eigenvalue weighted by Gasteiger charge is 2.47. The molecule has 118 valence electrons. The van der Waals surface area contributed by atoms with Crippen molar-refractivity contribution in [2.45, 2.75) is 19.3 Å². The lowest BCUT2D eigenvalue weighted by Gasteiger charge is -2.32. The van der Waals surface area contributed by atoms with Crippen LogP contribution in [0.25, 0.3) is 0 Å². The highest BCUT2D eigenvalue weighted by Crippen LogP contribution is 2.41. The molecule has 0 radical (unpaired) electrons. The summed E-state index contributed by atoms with van der Waals surface area (Å²) in [5.41, 5.74) is 1.32. The lowest BCUT2D eigenvalue weighted by molar-refractivity contribution is -0.126. The molecule has 3 rings (SSSR count). The van der Waals surface area contributed by atoms with Crippen molar-refractivity contribution in [1.82, 2.24) is 15.6 Å². The molecule has 1 spiro atoms. The number of nitrogens with one attached hydrogen (secondary N) is 4. The van der Waals surface area contributed by atoms with E-state index in [-0.39, 0.29) is 17.3 Å². The SMILES string of the molecule is CNC(=N)Nc1cncc(N2CCC3(CCNCC3)C2=O)c1. The van der Waals surface area contributed by atoms with Gasteiger partial charge in [0.25, 0.3) is 0 Å². The smallest absolute Gasteiger partial charge is 0.233 e. The van der Waals surface area contributed by atoms with Gasteiger partial charge < -0.3 is 20.9 Å². The number of hydrogen-bond acceptors (Lipinski definition) is 4. The minimum absolute atomic E-state index is 0.188. The quantitative estimate of drug-likeness (QED) is 0.478. The van der Waals surface area contributed by atoms with Crippen molar-refractivity contribution in [1.29, 1.82) is 5.41 Å². The highest BCUT2D eigenvalue weighted by atomic mass is 16.2. The Bertz CT molecular complexity index is 581. The van der Waals surface area contributed by atoms with Gasteiger partial charge in [-0.1, -0.05) is 0 Å². The first-order chi connectivity index (χ1) is 10.6. The molecule has 4 N–H and O–H groups in total. The van der Waals surface area contributed by atoms with E-state index < -0.39 is 0 Å². The second-order valence-electron chi connectivity index (χ2n) is 5.92. The Morgan fingerprint density at radius 3 is 2.86 bits per heavy atom. The first-order valence-corrected chi connectivity index (χ1v) is 7.66. The van der Waals surface area contributed by atoms with Gasteiger partial charge in [-0.3, -0.25) is 15.2 Å². The predicted octanol–water partition coefficient (Wildman–Crippen LogP) is 0.754.